The maximum Gasteiger partial charge on any atom is 0.230 e. The summed E-state index contributed by atoms with van der Waals surface area (Å²) in [5.74, 6) is 0.0318. The number of hydrogen-bond acceptors (Lipinski definition) is 6. The van der Waals surface area contributed by atoms with E-state index in [1.54, 1.807) is 17.3 Å². The van der Waals surface area contributed by atoms with E-state index in [2.05, 4.69) is 9.97 Å². The fourth-order valence-electron chi connectivity index (χ4n) is 2.22. The summed E-state index contributed by atoms with van der Waals surface area (Å²) >= 11 is 2.68. The zero-order valence-electron chi connectivity index (χ0n) is 11.4. The van der Waals surface area contributed by atoms with Crippen LogP contribution in [0.3, 0.4) is 0 Å². The van der Waals surface area contributed by atoms with Crippen molar-refractivity contribution in [1.29, 1.82) is 0 Å². The van der Waals surface area contributed by atoms with Crippen molar-refractivity contribution in [2.45, 2.75) is 18.6 Å². The Hall–Kier alpha value is -1.73. The van der Waals surface area contributed by atoms with Gasteiger partial charge >= 0.3 is 0 Å². The molecule has 1 amide bonds. The first kappa shape index (κ1) is 14.2. The Morgan fingerprint density at radius 2 is 2.19 bits per heavy atom. The summed E-state index contributed by atoms with van der Waals surface area (Å²) in [6.45, 7) is 2.08. The van der Waals surface area contributed by atoms with Crippen molar-refractivity contribution in [3.8, 4) is 11.3 Å². The van der Waals surface area contributed by atoms with Crippen molar-refractivity contribution in [2.24, 2.45) is 0 Å². The minimum absolute atomic E-state index is 0.0308. The molecular weight excluding hydrogens is 306 g/mol. The van der Waals surface area contributed by atoms with Gasteiger partial charge in [-0.1, -0.05) is 11.8 Å². The summed E-state index contributed by atoms with van der Waals surface area (Å²) in [7, 11) is 0. The largest absolute Gasteiger partial charge is 0.288 e. The third-order valence-electron chi connectivity index (χ3n) is 3.12. The molecule has 108 valence electrons. The number of amides is 1. The zero-order valence-corrected chi connectivity index (χ0v) is 13.0. The van der Waals surface area contributed by atoms with Crippen molar-refractivity contribution in [3.05, 3.63) is 29.9 Å². The van der Waals surface area contributed by atoms with E-state index in [0.29, 0.717) is 18.1 Å². The summed E-state index contributed by atoms with van der Waals surface area (Å²) in [4.78, 5) is 33.4. The molecule has 0 radical (unpaired) electrons. The number of aromatic nitrogens is 2. The highest BCUT2D eigenvalue weighted by Crippen LogP contribution is 2.32. The van der Waals surface area contributed by atoms with E-state index in [4.69, 9.17) is 0 Å². The van der Waals surface area contributed by atoms with Crippen LogP contribution in [-0.2, 0) is 9.59 Å². The van der Waals surface area contributed by atoms with Gasteiger partial charge in [0.1, 0.15) is 0 Å². The van der Waals surface area contributed by atoms with Gasteiger partial charge in [-0.2, -0.15) is 0 Å². The first-order chi connectivity index (χ1) is 10.1. The number of pyridine rings is 1. The third kappa shape index (κ3) is 3.14. The summed E-state index contributed by atoms with van der Waals surface area (Å²) < 4.78 is 0. The molecule has 1 saturated heterocycles. The number of hydrogen-bond donors (Lipinski definition) is 0. The highest BCUT2D eigenvalue weighted by Gasteiger charge is 2.33. The molecular formula is C14H13N3O2S2. The van der Waals surface area contributed by atoms with Crippen LogP contribution in [0.5, 0.6) is 0 Å². The third-order valence-corrected chi connectivity index (χ3v) is 4.97. The number of nitrogens with zero attached hydrogens (tertiary/aromatic N) is 3. The van der Waals surface area contributed by atoms with Crippen LogP contribution in [0.15, 0.2) is 29.9 Å². The van der Waals surface area contributed by atoms with E-state index in [-0.39, 0.29) is 16.3 Å². The fourth-order valence-corrected chi connectivity index (χ4v) is 4.00. The molecule has 0 N–H and O–H groups in total. The van der Waals surface area contributed by atoms with Crippen LogP contribution in [0, 0.1) is 0 Å². The molecule has 0 saturated carbocycles. The molecule has 1 fully saturated rings. The van der Waals surface area contributed by atoms with Crippen LogP contribution in [0.25, 0.3) is 11.3 Å². The predicted molar refractivity (Wildman–Crippen MR) is 84.4 cm³/mol. The van der Waals surface area contributed by atoms with Gasteiger partial charge in [-0.3, -0.25) is 19.5 Å². The van der Waals surface area contributed by atoms with Crippen molar-refractivity contribution in [2.75, 3.05) is 11.4 Å². The summed E-state index contributed by atoms with van der Waals surface area (Å²) in [6, 6.07) is 3.78. The smallest absolute Gasteiger partial charge is 0.230 e. The maximum atomic E-state index is 12.1. The molecule has 5 nitrogen and oxygen atoms in total. The average molecular weight is 319 g/mol. The lowest BCUT2D eigenvalue weighted by molar-refractivity contribution is -0.117. The van der Waals surface area contributed by atoms with E-state index in [9.17, 15) is 9.59 Å². The molecule has 1 unspecified atom stereocenters. The lowest BCUT2D eigenvalue weighted by atomic mass is 10.2. The standard InChI is InChI=1S/C14H13N3O2S2/c1-9(18)21-11-6-13(19)17(7-11)14-16-12(8-20-14)10-2-4-15-5-3-10/h2-5,8,11H,6-7H2,1H3. The highest BCUT2D eigenvalue weighted by molar-refractivity contribution is 8.14. The molecule has 2 aromatic rings. The van der Waals surface area contributed by atoms with E-state index < -0.39 is 0 Å². The number of carbonyl (C=O) groups excluding carboxylic acids is 2. The molecule has 3 rings (SSSR count). The molecule has 0 aromatic carbocycles. The molecule has 0 spiro atoms. The Labute approximate surface area is 130 Å². The lowest BCUT2D eigenvalue weighted by Gasteiger charge is -2.12. The highest BCUT2D eigenvalue weighted by atomic mass is 32.2. The lowest BCUT2D eigenvalue weighted by Crippen LogP contribution is -2.24. The van der Waals surface area contributed by atoms with Gasteiger partial charge in [0, 0.05) is 48.5 Å². The van der Waals surface area contributed by atoms with E-state index in [1.165, 1.54) is 30.0 Å². The maximum absolute atomic E-state index is 12.1. The Morgan fingerprint density at radius 3 is 2.90 bits per heavy atom. The topological polar surface area (TPSA) is 63.2 Å². The zero-order chi connectivity index (χ0) is 14.8. The number of anilines is 1. The van der Waals surface area contributed by atoms with Gasteiger partial charge in [-0.05, 0) is 12.1 Å². The van der Waals surface area contributed by atoms with Crippen molar-refractivity contribution in [3.63, 3.8) is 0 Å². The second kappa shape index (κ2) is 5.95. The second-order valence-corrected chi connectivity index (χ2v) is 7.00. The number of thioether (sulfide) groups is 1. The quantitative estimate of drug-likeness (QED) is 0.870. The van der Waals surface area contributed by atoms with Crippen LogP contribution in [0.4, 0.5) is 5.13 Å². The molecule has 7 heteroatoms. The molecule has 0 aliphatic carbocycles. The van der Waals surface area contributed by atoms with Gasteiger partial charge in [0.15, 0.2) is 10.2 Å². The minimum Gasteiger partial charge on any atom is -0.288 e. The van der Waals surface area contributed by atoms with Gasteiger partial charge in [0.25, 0.3) is 0 Å². The van der Waals surface area contributed by atoms with Crippen LogP contribution in [-0.4, -0.2) is 32.8 Å². The van der Waals surface area contributed by atoms with Gasteiger partial charge in [0.05, 0.1) is 5.69 Å². The summed E-state index contributed by atoms with van der Waals surface area (Å²) in [5, 5.41) is 2.71. The van der Waals surface area contributed by atoms with Gasteiger partial charge in [0.2, 0.25) is 5.91 Å². The molecule has 21 heavy (non-hydrogen) atoms. The van der Waals surface area contributed by atoms with E-state index in [1.807, 2.05) is 17.5 Å². The van der Waals surface area contributed by atoms with Crippen LogP contribution >= 0.6 is 23.1 Å². The van der Waals surface area contributed by atoms with Crippen molar-refractivity contribution >= 4 is 39.3 Å². The minimum atomic E-state index is 0.0308. The van der Waals surface area contributed by atoms with Gasteiger partial charge in [-0.15, -0.1) is 11.3 Å². The average Bonchev–Trinajstić information content (AvgIpc) is 3.06. The molecule has 1 aliphatic heterocycles. The Morgan fingerprint density at radius 1 is 1.43 bits per heavy atom. The normalized spacial score (nSPS) is 18.2. The number of thiazole rings is 1. The monoisotopic (exact) mass is 319 g/mol. The number of carbonyl (C=O) groups is 2. The molecule has 2 aromatic heterocycles. The van der Waals surface area contributed by atoms with Crippen LogP contribution in [0.2, 0.25) is 0 Å². The summed E-state index contributed by atoms with van der Waals surface area (Å²) in [5.41, 5.74) is 1.82. The van der Waals surface area contributed by atoms with Crippen LogP contribution < -0.4 is 4.90 Å². The molecule has 1 atom stereocenters. The van der Waals surface area contributed by atoms with Crippen molar-refractivity contribution in [1.82, 2.24) is 9.97 Å². The van der Waals surface area contributed by atoms with Gasteiger partial charge in [-0.25, -0.2) is 4.98 Å². The molecule has 3 heterocycles. The van der Waals surface area contributed by atoms with Crippen molar-refractivity contribution < 1.29 is 9.59 Å². The first-order valence-electron chi connectivity index (χ1n) is 6.47. The Bertz CT molecular complexity index is 672. The Kier molecular flexibility index (Phi) is 4.03. The fraction of sp³-hybridized carbons (Fsp3) is 0.286. The first-order valence-corrected chi connectivity index (χ1v) is 8.23. The predicted octanol–water partition coefficient (Wildman–Crippen LogP) is 2.59. The van der Waals surface area contributed by atoms with E-state index >= 15 is 0 Å². The number of rotatable bonds is 3. The SMILES string of the molecule is CC(=O)SC1CC(=O)N(c2nc(-c3ccncc3)cs2)C1. The Balaban J connectivity index is 1.78. The molecule has 1 aliphatic rings. The molecule has 0 bridgehead atoms. The summed E-state index contributed by atoms with van der Waals surface area (Å²) in [6.07, 6.45) is 3.83. The second-order valence-electron chi connectivity index (χ2n) is 4.69. The van der Waals surface area contributed by atoms with Gasteiger partial charge < -0.3 is 0 Å². The van der Waals surface area contributed by atoms with E-state index in [0.717, 1.165) is 11.3 Å². The van der Waals surface area contributed by atoms with Crippen LogP contribution in [0.1, 0.15) is 13.3 Å².